The molecule has 3 saturated heterocycles. The van der Waals surface area contributed by atoms with Crippen molar-refractivity contribution in [3.63, 3.8) is 0 Å². The van der Waals surface area contributed by atoms with Crippen LogP contribution in [-0.2, 0) is 23.8 Å². The third-order valence-electron chi connectivity index (χ3n) is 11.2. The lowest BCUT2D eigenvalue weighted by Crippen LogP contribution is -2.75. The van der Waals surface area contributed by atoms with Gasteiger partial charge in [0.25, 0.3) is 0 Å². The van der Waals surface area contributed by atoms with Gasteiger partial charge in [-0.3, -0.25) is 19.8 Å². The molecule has 4 N–H and O–H groups in total. The average molecular weight is 578 g/mol. The van der Waals surface area contributed by atoms with Crippen LogP contribution < -0.4 is 16.4 Å². The Balaban J connectivity index is 1.28. The Kier molecular flexibility index (Phi) is 10.6. The van der Waals surface area contributed by atoms with Crippen molar-refractivity contribution < 1.29 is 23.8 Å². The molecule has 10 nitrogen and oxygen atoms in total. The number of likely N-dealkylation sites (tertiary alicyclic amines) is 1. The first-order valence-corrected chi connectivity index (χ1v) is 16.3. The molecule has 41 heavy (non-hydrogen) atoms. The molecule has 5 aliphatic rings. The van der Waals surface area contributed by atoms with E-state index in [1.54, 1.807) is 21.3 Å². The van der Waals surface area contributed by atoms with Gasteiger partial charge in [0.1, 0.15) is 0 Å². The van der Waals surface area contributed by atoms with Gasteiger partial charge < -0.3 is 30.2 Å². The van der Waals surface area contributed by atoms with Crippen LogP contribution in [0.2, 0.25) is 0 Å². The number of hydrogen-bond acceptors (Lipinski definition) is 8. The molecule has 5 fully saturated rings. The Morgan fingerprint density at radius 3 is 2.39 bits per heavy atom. The van der Waals surface area contributed by atoms with E-state index in [1.807, 2.05) is 4.90 Å². The third-order valence-corrected chi connectivity index (χ3v) is 11.2. The average Bonchev–Trinajstić information content (AvgIpc) is 3.00. The molecule has 2 saturated carbocycles. The molecule has 3 aliphatic heterocycles. The number of nitrogens with two attached hydrogens (primary N) is 1. The third kappa shape index (κ3) is 6.78. The van der Waals surface area contributed by atoms with Gasteiger partial charge in [-0.25, -0.2) is 0 Å². The Morgan fingerprint density at radius 2 is 1.68 bits per heavy atom. The minimum Gasteiger partial charge on any atom is -0.381 e. The van der Waals surface area contributed by atoms with E-state index in [0.717, 1.165) is 77.3 Å². The highest BCUT2D eigenvalue weighted by molar-refractivity contribution is 5.84. The first kappa shape index (κ1) is 31.1. The van der Waals surface area contributed by atoms with Crippen molar-refractivity contribution in [3.8, 4) is 0 Å². The lowest BCUT2D eigenvalue weighted by molar-refractivity contribution is -0.166. The van der Waals surface area contributed by atoms with Crippen LogP contribution in [0.1, 0.15) is 77.6 Å². The van der Waals surface area contributed by atoms with E-state index >= 15 is 0 Å². The van der Waals surface area contributed by atoms with Gasteiger partial charge in [0, 0.05) is 41.0 Å². The molecule has 9 atom stereocenters. The number of ether oxygens (including phenoxy) is 3. The van der Waals surface area contributed by atoms with Crippen molar-refractivity contribution in [3.05, 3.63) is 0 Å². The topological polar surface area (TPSA) is 118 Å². The van der Waals surface area contributed by atoms with E-state index in [9.17, 15) is 9.59 Å². The quantitative estimate of drug-likeness (QED) is 0.382. The zero-order valence-electron chi connectivity index (χ0n) is 25.8. The molecular formula is C31H55N5O5. The molecule has 0 spiro atoms. The summed E-state index contributed by atoms with van der Waals surface area (Å²) < 4.78 is 16.9. The molecule has 10 heteroatoms. The summed E-state index contributed by atoms with van der Waals surface area (Å²) in [6.07, 6.45) is 10.9. The molecule has 0 aromatic carbocycles. The fraction of sp³-hybridized carbons (Fsp3) is 0.935. The maximum Gasteiger partial charge on any atom is 0.229 e. The maximum absolute atomic E-state index is 13.9. The van der Waals surface area contributed by atoms with Crippen molar-refractivity contribution in [2.24, 2.45) is 35.3 Å². The smallest absolute Gasteiger partial charge is 0.229 e. The number of rotatable bonds is 9. The van der Waals surface area contributed by atoms with E-state index in [0.29, 0.717) is 36.8 Å². The second-order valence-corrected chi connectivity index (χ2v) is 13.5. The zero-order valence-corrected chi connectivity index (χ0v) is 25.8. The molecule has 0 radical (unpaired) electrons. The van der Waals surface area contributed by atoms with Crippen LogP contribution in [-0.4, -0.2) is 99.4 Å². The van der Waals surface area contributed by atoms with Crippen LogP contribution in [0.3, 0.4) is 0 Å². The number of nitrogens with zero attached hydrogens (tertiary/aromatic N) is 2. The molecule has 2 aliphatic carbocycles. The molecule has 3 heterocycles. The molecular weight excluding hydrogens is 522 g/mol. The lowest BCUT2D eigenvalue weighted by Gasteiger charge is -2.56. The SMILES string of the molecule is COC1CCC(CNC(=O)C2CC3C(=O)N4CCCC(C)C4NC3N(CCC3CCC(OC)C(OC)C3)C2N)CC1. The predicted octanol–water partition coefficient (Wildman–Crippen LogP) is 2.26. The number of carbonyl (C=O) groups is 2. The minimum atomic E-state index is -0.431. The highest BCUT2D eigenvalue weighted by atomic mass is 16.5. The summed E-state index contributed by atoms with van der Waals surface area (Å²) in [7, 11) is 5.32. The van der Waals surface area contributed by atoms with Gasteiger partial charge in [0.2, 0.25) is 11.8 Å². The van der Waals surface area contributed by atoms with Gasteiger partial charge in [-0.2, -0.15) is 0 Å². The predicted molar refractivity (Wildman–Crippen MR) is 156 cm³/mol. The second-order valence-electron chi connectivity index (χ2n) is 13.5. The summed E-state index contributed by atoms with van der Waals surface area (Å²) in [5.74, 6) is 0.881. The lowest BCUT2D eigenvalue weighted by atomic mass is 9.78. The molecule has 0 bridgehead atoms. The normalized spacial score (nSPS) is 41.9. The fourth-order valence-corrected chi connectivity index (χ4v) is 8.51. The summed E-state index contributed by atoms with van der Waals surface area (Å²) >= 11 is 0. The van der Waals surface area contributed by atoms with Crippen LogP contribution >= 0.6 is 0 Å². The first-order valence-electron chi connectivity index (χ1n) is 16.3. The second kappa shape index (κ2) is 14.0. The van der Waals surface area contributed by atoms with Crippen LogP contribution in [0.5, 0.6) is 0 Å². The molecule has 5 rings (SSSR count). The van der Waals surface area contributed by atoms with Gasteiger partial charge in [0.05, 0.1) is 48.6 Å². The van der Waals surface area contributed by atoms with E-state index in [1.165, 1.54) is 0 Å². The summed E-state index contributed by atoms with van der Waals surface area (Å²) in [5, 5.41) is 7.11. The largest absolute Gasteiger partial charge is 0.381 e. The molecule has 0 aromatic rings. The Morgan fingerprint density at radius 1 is 0.951 bits per heavy atom. The summed E-state index contributed by atoms with van der Waals surface area (Å²) in [6, 6.07) is 0. The van der Waals surface area contributed by atoms with Crippen LogP contribution in [0.4, 0.5) is 0 Å². The van der Waals surface area contributed by atoms with E-state index in [-0.39, 0.29) is 42.3 Å². The number of methoxy groups -OCH3 is 3. The number of hydrogen-bond donors (Lipinski definition) is 3. The van der Waals surface area contributed by atoms with E-state index < -0.39 is 12.1 Å². The van der Waals surface area contributed by atoms with Crippen molar-refractivity contribution in [2.75, 3.05) is 41.0 Å². The molecule has 2 amide bonds. The monoisotopic (exact) mass is 577 g/mol. The zero-order chi connectivity index (χ0) is 29.1. The highest BCUT2D eigenvalue weighted by Crippen LogP contribution is 2.39. The highest BCUT2D eigenvalue weighted by Gasteiger charge is 2.53. The van der Waals surface area contributed by atoms with E-state index in [2.05, 4.69) is 22.5 Å². The van der Waals surface area contributed by atoms with Crippen molar-refractivity contribution in [1.29, 1.82) is 0 Å². The summed E-state index contributed by atoms with van der Waals surface area (Å²) in [4.78, 5) is 31.9. The van der Waals surface area contributed by atoms with Crippen LogP contribution in [0, 0.1) is 29.6 Å². The number of amides is 2. The Hall–Kier alpha value is -1.30. The van der Waals surface area contributed by atoms with Gasteiger partial charge in [-0.15, -0.1) is 0 Å². The van der Waals surface area contributed by atoms with E-state index in [4.69, 9.17) is 19.9 Å². The fourth-order valence-electron chi connectivity index (χ4n) is 8.51. The molecule has 0 aromatic heterocycles. The van der Waals surface area contributed by atoms with Crippen LogP contribution in [0.25, 0.3) is 0 Å². The molecule has 234 valence electrons. The maximum atomic E-state index is 13.9. The standard InChI is InChI=1S/C31H55N5O5/c1-19-6-5-14-36-28(19)34-29-24(31(36)38)17-23(30(37)33-18-21-7-10-22(39-2)11-8-21)27(32)35(29)15-13-20-9-12-25(40-3)26(16-20)41-4/h19-29,34H,5-18,32H2,1-4H3,(H,33,37). The number of carbonyl (C=O) groups excluding carboxylic acids is 2. The minimum absolute atomic E-state index is 0.00296. The molecule has 9 unspecified atom stereocenters. The Labute approximate surface area is 246 Å². The van der Waals surface area contributed by atoms with Gasteiger partial charge in [-0.1, -0.05) is 6.92 Å². The van der Waals surface area contributed by atoms with Crippen LogP contribution in [0.15, 0.2) is 0 Å². The number of nitrogens with one attached hydrogen (secondary N) is 2. The van der Waals surface area contributed by atoms with Crippen molar-refractivity contribution in [1.82, 2.24) is 20.4 Å². The summed E-state index contributed by atoms with van der Waals surface area (Å²) in [6.45, 7) is 4.46. The van der Waals surface area contributed by atoms with Gasteiger partial charge >= 0.3 is 0 Å². The summed E-state index contributed by atoms with van der Waals surface area (Å²) in [5.41, 5.74) is 6.98. The Bertz CT molecular complexity index is 885. The van der Waals surface area contributed by atoms with Gasteiger partial charge in [-0.05, 0) is 88.4 Å². The first-order chi connectivity index (χ1) is 19.8. The van der Waals surface area contributed by atoms with Crippen molar-refractivity contribution in [2.45, 2.75) is 114 Å². The number of piperidine rings is 2. The van der Waals surface area contributed by atoms with Gasteiger partial charge in [0.15, 0.2) is 0 Å². The van der Waals surface area contributed by atoms with Crippen molar-refractivity contribution >= 4 is 11.8 Å². The number of fused-ring (bicyclic) bond motifs is 2.